The summed E-state index contributed by atoms with van der Waals surface area (Å²) in [5.41, 5.74) is 0.655. The minimum atomic E-state index is -1.02. The van der Waals surface area contributed by atoms with Gasteiger partial charge in [-0.15, -0.1) is 0 Å². The van der Waals surface area contributed by atoms with Gasteiger partial charge in [0, 0.05) is 10.4 Å². The average Bonchev–Trinajstić information content (AvgIpc) is 2.78. The zero-order chi connectivity index (χ0) is 13.8. The van der Waals surface area contributed by atoms with E-state index in [0.717, 1.165) is 11.6 Å². The SMILES string of the molecule is C=COC(=O)C(=O)NCc1cc2cc(Cl)ccc2o1. The number of hydrogen-bond donors (Lipinski definition) is 1. The molecule has 6 heteroatoms. The van der Waals surface area contributed by atoms with Gasteiger partial charge in [-0.25, -0.2) is 4.79 Å². The van der Waals surface area contributed by atoms with Gasteiger partial charge in [0.05, 0.1) is 12.8 Å². The van der Waals surface area contributed by atoms with Gasteiger partial charge in [-0.05, 0) is 24.3 Å². The molecule has 1 amide bonds. The lowest BCUT2D eigenvalue weighted by atomic mass is 10.2. The molecule has 0 saturated heterocycles. The number of esters is 1. The standard InChI is InChI=1S/C13H10ClNO4/c1-2-18-13(17)12(16)15-7-10-6-8-5-9(14)3-4-11(8)19-10/h2-6H,1,7H2,(H,15,16). The van der Waals surface area contributed by atoms with Gasteiger partial charge in [0.15, 0.2) is 0 Å². The highest BCUT2D eigenvalue weighted by Crippen LogP contribution is 2.22. The van der Waals surface area contributed by atoms with Crippen molar-refractivity contribution in [3.05, 3.63) is 47.9 Å². The summed E-state index contributed by atoms with van der Waals surface area (Å²) in [7, 11) is 0. The molecule has 0 atom stereocenters. The zero-order valence-corrected chi connectivity index (χ0v) is 10.6. The lowest BCUT2D eigenvalue weighted by Gasteiger charge is -2.00. The summed E-state index contributed by atoms with van der Waals surface area (Å²) < 4.78 is 9.80. The molecule has 2 aromatic rings. The quantitative estimate of drug-likeness (QED) is 0.532. The molecule has 0 spiro atoms. The Bertz CT molecular complexity index is 647. The molecule has 5 nitrogen and oxygen atoms in total. The van der Waals surface area contributed by atoms with Crippen LogP contribution in [0.1, 0.15) is 5.76 Å². The van der Waals surface area contributed by atoms with Crippen LogP contribution in [0.25, 0.3) is 11.0 Å². The number of carbonyl (C=O) groups is 2. The Labute approximate surface area is 113 Å². The molecule has 0 radical (unpaired) electrons. The lowest BCUT2D eigenvalue weighted by molar-refractivity contribution is -0.150. The molecule has 0 saturated carbocycles. The van der Waals surface area contributed by atoms with E-state index in [4.69, 9.17) is 16.0 Å². The molecule has 0 aliphatic carbocycles. The van der Waals surface area contributed by atoms with Gasteiger partial charge in [-0.1, -0.05) is 18.2 Å². The summed E-state index contributed by atoms with van der Waals surface area (Å²) in [6.07, 6.45) is 0.894. The molecule has 0 aliphatic rings. The van der Waals surface area contributed by atoms with E-state index in [-0.39, 0.29) is 6.54 Å². The van der Waals surface area contributed by atoms with Gasteiger partial charge < -0.3 is 14.5 Å². The first-order chi connectivity index (χ1) is 9.10. The molecule has 2 rings (SSSR count). The molecule has 98 valence electrons. The van der Waals surface area contributed by atoms with Gasteiger partial charge in [-0.3, -0.25) is 4.79 Å². The number of halogens is 1. The van der Waals surface area contributed by atoms with E-state index in [2.05, 4.69) is 16.6 Å². The summed E-state index contributed by atoms with van der Waals surface area (Å²) in [5.74, 6) is -1.37. The number of hydrogen-bond acceptors (Lipinski definition) is 4. The number of furan rings is 1. The van der Waals surface area contributed by atoms with Gasteiger partial charge in [0.25, 0.3) is 0 Å². The summed E-state index contributed by atoms with van der Waals surface area (Å²) in [4.78, 5) is 22.3. The number of rotatable bonds is 3. The predicted molar refractivity (Wildman–Crippen MR) is 69.4 cm³/mol. The van der Waals surface area contributed by atoms with E-state index < -0.39 is 11.9 Å². The van der Waals surface area contributed by atoms with Gasteiger partial charge in [-0.2, -0.15) is 0 Å². The highest BCUT2D eigenvalue weighted by Gasteiger charge is 2.14. The molecule has 0 bridgehead atoms. The van der Waals surface area contributed by atoms with Crippen molar-refractivity contribution in [2.75, 3.05) is 0 Å². The maximum Gasteiger partial charge on any atom is 0.401 e. The highest BCUT2D eigenvalue weighted by atomic mass is 35.5. The Morgan fingerprint density at radius 2 is 2.21 bits per heavy atom. The fourth-order valence-corrected chi connectivity index (χ4v) is 1.71. The van der Waals surface area contributed by atoms with E-state index in [0.29, 0.717) is 16.4 Å². The van der Waals surface area contributed by atoms with Crippen LogP contribution >= 0.6 is 11.6 Å². The third kappa shape index (κ3) is 3.14. The van der Waals surface area contributed by atoms with Crippen molar-refractivity contribution in [2.24, 2.45) is 0 Å². The van der Waals surface area contributed by atoms with E-state index in [1.54, 1.807) is 24.3 Å². The second kappa shape index (κ2) is 5.58. The number of benzene rings is 1. The van der Waals surface area contributed by atoms with Crippen LogP contribution in [-0.2, 0) is 20.9 Å². The summed E-state index contributed by atoms with van der Waals surface area (Å²) in [5, 5.41) is 3.79. The smallest absolute Gasteiger partial charge is 0.401 e. The fraction of sp³-hybridized carbons (Fsp3) is 0.0769. The van der Waals surface area contributed by atoms with Crippen LogP contribution < -0.4 is 5.32 Å². The summed E-state index contributed by atoms with van der Waals surface area (Å²) in [6.45, 7) is 3.27. The van der Waals surface area contributed by atoms with Gasteiger partial charge in [0.2, 0.25) is 0 Å². The van der Waals surface area contributed by atoms with Crippen LogP contribution in [0.4, 0.5) is 0 Å². The second-order valence-corrected chi connectivity index (χ2v) is 4.09. The van der Waals surface area contributed by atoms with Crippen LogP contribution in [0.3, 0.4) is 0 Å². The molecule has 1 aromatic carbocycles. The first kappa shape index (κ1) is 13.2. The number of nitrogens with one attached hydrogen (secondary N) is 1. The maximum atomic E-state index is 11.3. The molecule has 0 aliphatic heterocycles. The minimum Gasteiger partial charge on any atom is -0.459 e. The van der Waals surface area contributed by atoms with Crippen LogP contribution in [0, 0.1) is 0 Å². The molecule has 1 heterocycles. The van der Waals surface area contributed by atoms with E-state index >= 15 is 0 Å². The Kier molecular flexibility index (Phi) is 3.87. The zero-order valence-electron chi connectivity index (χ0n) is 9.81. The number of fused-ring (bicyclic) bond motifs is 1. The number of amides is 1. The van der Waals surface area contributed by atoms with Crippen LogP contribution in [0.15, 0.2) is 41.5 Å². The van der Waals surface area contributed by atoms with Crippen molar-refractivity contribution >= 4 is 34.4 Å². The molecule has 0 unspecified atom stereocenters. The first-order valence-electron chi connectivity index (χ1n) is 5.38. The normalized spacial score (nSPS) is 10.2. The Morgan fingerprint density at radius 1 is 1.42 bits per heavy atom. The number of ether oxygens (including phenoxy) is 1. The van der Waals surface area contributed by atoms with Crippen molar-refractivity contribution in [1.29, 1.82) is 0 Å². The van der Waals surface area contributed by atoms with Crippen LogP contribution in [-0.4, -0.2) is 11.9 Å². The predicted octanol–water partition coefficient (Wildman–Crippen LogP) is 2.39. The number of carbonyl (C=O) groups excluding carboxylic acids is 2. The molecule has 0 fully saturated rings. The van der Waals surface area contributed by atoms with E-state index in [1.807, 2.05) is 0 Å². The molecule has 1 N–H and O–H groups in total. The largest absolute Gasteiger partial charge is 0.459 e. The summed E-state index contributed by atoms with van der Waals surface area (Å²) >= 11 is 5.85. The Hall–Kier alpha value is -2.27. The average molecular weight is 280 g/mol. The van der Waals surface area contributed by atoms with Crippen molar-refractivity contribution in [1.82, 2.24) is 5.32 Å². The monoisotopic (exact) mass is 279 g/mol. The Morgan fingerprint density at radius 3 is 2.95 bits per heavy atom. The fourth-order valence-electron chi connectivity index (χ4n) is 1.53. The van der Waals surface area contributed by atoms with Crippen molar-refractivity contribution in [2.45, 2.75) is 6.54 Å². The topological polar surface area (TPSA) is 68.5 Å². The minimum absolute atomic E-state index is 0.0807. The molecule has 19 heavy (non-hydrogen) atoms. The van der Waals surface area contributed by atoms with Crippen LogP contribution in [0.5, 0.6) is 0 Å². The van der Waals surface area contributed by atoms with E-state index in [9.17, 15) is 9.59 Å². The van der Waals surface area contributed by atoms with Gasteiger partial charge >= 0.3 is 11.9 Å². The second-order valence-electron chi connectivity index (χ2n) is 3.65. The summed E-state index contributed by atoms with van der Waals surface area (Å²) in [6, 6.07) is 6.92. The van der Waals surface area contributed by atoms with Crippen molar-refractivity contribution in [3.63, 3.8) is 0 Å². The molecular weight excluding hydrogens is 270 g/mol. The van der Waals surface area contributed by atoms with Crippen molar-refractivity contribution in [3.8, 4) is 0 Å². The third-order valence-corrected chi connectivity index (χ3v) is 2.56. The maximum absolute atomic E-state index is 11.3. The third-order valence-electron chi connectivity index (χ3n) is 2.33. The van der Waals surface area contributed by atoms with Crippen LogP contribution in [0.2, 0.25) is 5.02 Å². The lowest BCUT2D eigenvalue weighted by Crippen LogP contribution is -2.30. The van der Waals surface area contributed by atoms with Gasteiger partial charge in [0.1, 0.15) is 11.3 Å². The Balaban J connectivity index is 2.04. The van der Waals surface area contributed by atoms with Crippen molar-refractivity contribution < 1.29 is 18.7 Å². The molecule has 1 aromatic heterocycles. The first-order valence-corrected chi connectivity index (χ1v) is 5.75. The van der Waals surface area contributed by atoms with E-state index in [1.165, 1.54) is 0 Å². The highest BCUT2D eigenvalue weighted by molar-refractivity contribution is 6.32. The molecular formula is C13H10ClNO4.